The molecule has 146 valence electrons. The summed E-state index contributed by atoms with van der Waals surface area (Å²) >= 11 is 0. The van der Waals surface area contributed by atoms with E-state index in [1.807, 2.05) is 6.20 Å². The number of Topliss-reactive ketones (excluding diaryl/α,β-unsaturated/α-hetero) is 1. The molecule has 2 aliphatic rings. The van der Waals surface area contributed by atoms with E-state index in [0.29, 0.717) is 5.69 Å². The largest absolute Gasteiger partial charge is 0.377 e. The lowest BCUT2D eigenvalue weighted by Gasteiger charge is -2.26. The van der Waals surface area contributed by atoms with Gasteiger partial charge in [-0.15, -0.1) is 0 Å². The van der Waals surface area contributed by atoms with Gasteiger partial charge in [0.05, 0.1) is 5.69 Å². The van der Waals surface area contributed by atoms with E-state index in [2.05, 4.69) is 10.2 Å². The fourth-order valence-corrected chi connectivity index (χ4v) is 3.29. The molecule has 0 unspecified atom stereocenters. The van der Waals surface area contributed by atoms with Gasteiger partial charge in [-0.1, -0.05) is 12.1 Å². The van der Waals surface area contributed by atoms with Crippen molar-refractivity contribution in [2.45, 2.75) is 32.6 Å². The normalized spacial score (nSPS) is 19.5. The Morgan fingerprint density at radius 2 is 1.75 bits per heavy atom. The number of likely N-dealkylation sites (tertiary alicyclic amines) is 1. The maximum atomic E-state index is 12.8. The monoisotopic (exact) mass is 381 g/mol. The number of rotatable bonds is 5. The van der Waals surface area contributed by atoms with E-state index >= 15 is 0 Å². The molecule has 2 aliphatic heterocycles. The van der Waals surface area contributed by atoms with Crippen LogP contribution in [0.15, 0.2) is 48.2 Å². The van der Waals surface area contributed by atoms with Gasteiger partial charge in [0.1, 0.15) is 11.4 Å². The zero-order valence-corrected chi connectivity index (χ0v) is 15.8. The van der Waals surface area contributed by atoms with Crippen molar-refractivity contribution < 1.29 is 19.2 Å². The van der Waals surface area contributed by atoms with Gasteiger partial charge in [-0.25, -0.2) is 9.69 Å². The molecule has 1 N–H and O–H groups in total. The second-order valence-corrected chi connectivity index (χ2v) is 6.96. The molecular weight excluding hydrogens is 358 g/mol. The number of imide groups is 2. The lowest BCUT2D eigenvalue weighted by molar-refractivity contribution is -0.122. The molecule has 1 aromatic rings. The van der Waals surface area contributed by atoms with Gasteiger partial charge in [-0.05, 0) is 62.2 Å². The van der Waals surface area contributed by atoms with Crippen molar-refractivity contribution in [1.82, 2.24) is 10.2 Å². The Balaban J connectivity index is 1.78. The molecule has 0 spiro atoms. The molecule has 7 nitrogen and oxygen atoms in total. The highest BCUT2D eigenvalue weighted by molar-refractivity contribution is 6.37. The Bertz CT molecular complexity index is 849. The van der Waals surface area contributed by atoms with Crippen LogP contribution in [-0.2, 0) is 20.8 Å². The van der Waals surface area contributed by atoms with E-state index in [-0.39, 0.29) is 17.8 Å². The highest BCUT2D eigenvalue weighted by Gasteiger charge is 2.36. The maximum Gasteiger partial charge on any atom is 0.335 e. The summed E-state index contributed by atoms with van der Waals surface area (Å²) in [6.07, 6.45) is 8.73. The molecule has 2 heterocycles. The summed E-state index contributed by atoms with van der Waals surface area (Å²) in [6.45, 7) is 3.41. The molecule has 7 heteroatoms. The van der Waals surface area contributed by atoms with Crippen molar-refractivity contribution in [2.24, 2.45) is 0 Å². The summed E-state index contributed by atoms with van der Waals surface area (Å²) in [7, 11) is 0. The van der Waals surface area contributed by atoms with Gasteiger partial charge in [0.25, 0.3) is 11.8 Å². The van der Waals surface area contributed by atoms with Crippen LogP contribution in [0.5, 0.6) is 0 Å². The molecule has 0 aromatic heterocycles. The second-order valence-electron chi connectivity index (χ2n) is 6.96. The number of carbonyl (C=O) groups is 4. The first kappa shape index (κ1) is 19.5. The van der Waals surface area contributed by atoms with Crippen LogP contribution in [0, 0.1) is 0 Å². The number of allylic oxidation sites excluding steroid dienone is 2. The third-order valence-electron chi connectivity index (χ3n) is 4.70. The number of anilines is 1. The number of benzene rings is 1. The summed E-state index contributed by atoms with van der Waals surface area (Å²) in [5, 5.41) is 2.20. The van der Waals surface area contributed by atoms with Crippen molar-refractivity contribution >= 4 is 29.3 Å². The topological polar surface area (TPSA) is 86.8 Å². The standard InChI is InChI=1S/C21H23N3O4/c1-15(25)14-16-7-9-17(10-8-16)24-20(27)18(19(26)22-21(24)28)6-5-13-23-11-3-2-4-12-23/h5-10,13H,2-4,11-12,14H2,1H3,(H,22,26,28)/b13-5+,18-6+. The van der Waals surface area contributed by atoms with Gasteiger partial charge in [0, 0.05) is 19.5 Å². The van der Waals surface area contributed by atoms with Crippen LogP contribution < -0.4 is 10.2 Å². The quantitative estimate of drug-likeness (QED) is 0.625. The number of amides is 4. The van der Waals surface area contributed by atoms with E-state index in [1.54, 1.807) is 30.3 Å². The molecule has 0 atom stereocenters. The van der Waals surface area contributed by atoms with Crippen molar-refractivity contribution in [3.8, 4) is 0 Å². The number of hydrogen-bond acceptors (Lipinski definition) is 5. The lowest BCUT2D eigenvalue weighted by atomic mass is 10.1. The molecule has 2 fully saturated rings. The highest BCUT2D eigenvalue weighted by Crippen LogP contribution is 2.21. The summed E-state index contributed by atoms with van der Waals surface area (Å²) < 4.78 is 0. The van der Waals surface area contributed by atoms with Crippen molar-refractivity contribution in [1.29, 1.82) is 0 Å². The van der Waals surface area contributed by atoms with Crippen LogP contribution in [0.25, 0.3) is 0 Å². The average Bonchev–Trinajstić information content (AvgIpc) is 2.66. The number of piperidine rings is 1. The van der Waals surface area contributed by atoms with E-state index in [9.17, 15) is 19.2 Å². The first-order chi connectivity index (χ1) is 13.5. The molecular formula is C21H23N3O4. The van der Waals surface area contributed by atoms with Crippen molar-refractivity contribution in [3.05, 3.63) is 53.8 Å². The molecule has 4 amide bonds. The minimum absolute atomic E-state index is 0.0239. The fraction of sp³-hybridized carbons (Fsp3) is 0.333. The minimum Gasteiger partial charge on any atom is -0.377 e. The fourth-order valence-electron chi connectivity index (χ4n) is 3.29. The predicted molar refractivity (Wildman–Crippen MR) is 104 cm³/mol. The number of urea groups is 1. The summed E-state index contributed by atoms with van der Waals surface area (Å²) in [5.41, 5.74) is 1.03. The lowest BCUT2D eigenvalue weighted by Crippen LogP contribution is -2.54. The van der Waals surface area contributed by atoms with Gasteiger partial charge >= 0.3 is 6.03 Å². The average molecular weight is 381 g/mol. The zero-order valence-electron chi connectivity index (χ0n) is 15.8. The summed E-state index contributed by atoms with van der Waals surface area (Å²) in [5.74, 6) is -1.35. The van der Waals surface area contributed by atoms with Crippen LogP contribution in [-0.4, -0.2) is 41.6 Å². The van der Waals surface area contributed by atoms with Gasteiger partial charge in [-0.2, -0.15) is 0 Å². The van der Waals surface area contributed by atoms with Gasteiger partial charge in [0.15, 0.2) is 0 Å². The van der Waals surface area contributed by atoms with Gasteiger partial charge in [-0.3, -0.25) is 19.7 Å². The number of nitrogens with zero attached hydrogens (tertiary/aromatic N) is 2. The first-order valence-electron chi connectivity index (χ1n) is 9.36. The number of hydrogen-bond donors (Lipinski definition) is 1. The molecule has 2 saturated heterocycles. The van der Waals surface area contributed by atoms with Crippen molar-refractivity contribution in [2.75, 3.05) is 18.0 Å². The molecule has 0 bridgehead atoms. The van der Waals surface area contributed by atoms with Crippen LogP contribution in [0.3, 0.4) is 0 Å². The highest BCUT2D eigenvalue weighted by atomic mass is 16.2. The molecule has 0 aliphatic carbocycles. The SMILES string of the molecule is CC(=O)Cc1ccc(N2C(=O)NC(=O)/C(=C\C=C\N3CCCCC3)C2=O)cc1. The number of nitrogens with one attached hydrogen (secondary N) is 1. The minimum atomic E-state index is -0.786. The Hall–Kier alpha value is -3.22. The second kappa shape index (κ2) is 8.65. The first-order valence-corrected chi connectivity index (χ1v) is 9.36. The Morgan fingerprint density at radius 3 is 2.39 bits per heavy atom. The zero-order chi connectivity index (χ0) is 20.1. The van der Waals surface area contributed by atoms with Gasteiger partial charge in [0.2, 0.25) is 0 Å². The van der Waals surface area contributed by atoms with E-state index in [1.165, 1.54) is 19.4 Å². The Kier molecular flexibility index (Phi) is 6.03. The molecule has 3 rings (SSSR count). The maximum absolute atomic E-state index is 12.8. The Morgan fingerprint density at radius 1 is 1.07 bits per heavy atom. The predicted octanol–water partition coefficient (Wildman–Crippen LogP) is 2.33. The third kappa shape index (κ3) is 4.54. The number of ketones is 1. The molecule has 0 radical (unpaired) electrons. The van der Waals surface area contributed by atoms with Gasteiger partial charge < -0.3 is 4.90 Å². The van der Waals surface area contributed by atoms with Crippen LogP contribution in [0.4, 0.5) is 10.5 Å². The number of carbonyl (C=O) groups excluding carboxylic acids is 4. The summed E-state index contributed by atoms with van der Waals surface area (Å²) in [4.78, 5) is 51.4. The Labute approximate surface area is 163 Å². The number of barbiturate groups is 1. The van der Waals surface area contributed by atoms with Crippen LogP contribution >= 0.6 is 0 Å². The van der Waals surface area contributed by atoms with E-state index in [0.717, 1.165) is 36.4 Å². The third-order valence-corrected chi connectivity index (χ3v) is 4.70. The smallest absolute Gasteiger partial charge is 0.335 e. The molecule has 1 aromatic carbocycles. The van der Waals surface area contributed by atoms with Crippen molar-refractivity contribution in [3.63, 3.8) is 0 Å². The van der Waals surface area contributed by atoms with Crippen LogP contribution in [0.1, 0.15) is 31.7 Å². The molecule has 0 saturated carbocycles. The summed E-state index contributed by atoms with van der Waals surface area (Å²) in [6, 6.07) is 5.77. The van der Waals surface area contributed by atoms with E-state index in [4.69, 9.17) is 0 Å². The molecule has 28 heavy (non-hydrogen) atoms. The van der Waals surface area contributed by atoms with Crippen LogP contribution in [0.2, 0.25) is 0 Å². The van der Waals surface area contributed by atoms with E-state index < -0.39 is 17.8 Å².